The number of hydrogen-bond donors (Lipinski definition) is 4. The van der Waals surface area contributed by atoms with Crippen LogP contribution in [0.15, 0.2) is 52.8 Å². The molecule has 2 heterocycles. The van der Waals surface area contributed by atoms with Gasteiger partial charge in [-0.3, -0.25) is 9.80 Å². The molecule has 1 fully saturated rings. The van der Waals surface area contributed by atoms with E-state index in [0.29, 0.717) is 11.6 Å². The number of aromatic nitrogens is 1. The van der Waals surface area contributed by atoms with Gasteiger partial charge in [-0.25, -0.2) is 0 Å². The Morgan fingerprint density at radius 3 is 2.93 bits per heavy atom. The van der Waals surface area contributed by atoms with Gasteiger partial charge in [-0.05, 0) is 25.7 Å². The van der Waals surface area contributed by atoms with Crippen molar-refractivity contribution in [3.63, 3.8) is 0 Å². The lowest BCUT2D eigenvalue weighted by atomic mass is 9.80. The van der Waals surface area contributed by atoms with Gasteiger partial charge in [0.2, 0.25) is 5.76 Å². The van der Waals surface area contributed by atoms with E-state index < -0.39 is 6.10 Å². The maximum absolute atomic E-state index is 12.4. The van der Waals surface area contributed by atoms with E-state index in [1.165, 1.54) is 0 Å². The largest absolute Gasteiger partial charge is 0.387 e. The topological polar surface area (TPSA) is 103 Å². The van der Waals surface area contributed by atoms with Crippen molar-refractivity contribution in [1.82, 2.24) is 26.4 Å². The van der Waals surface area contributed by atoms with E-state index in [1.54, 1.807) is 19.2 Å². The van der Waals surface area contributed by atoms with E-state index in [9.17, 15) is 9.90 Å². The predicted octanol–water partition coefficient (Wildman–Crippen LogP) is 1.40. The molecule has 4 N–H and O–H groups in total. The van der Waals surface area contributed by atoms with E-state index in [-0.39, 0.29) is 17.7 Å². The van der Waals surface area contributed by atoms with Crippen LogP contribution in [0.4, 0.5) is 0 Å². The third-order valence-corrected chi connectivity index (χ3v) is 4.97. The predicted molar refractivity (Wildman–Crippen MR) is 98.7 cm³/mol. The van der Waals surface area contributed by atoms with Crippen LogP contribution < -0.4 is 16.3 Å². The normalized spacial score (nSPS) is 22.6. The van der Waals surface area contributed by atoms with Crippen molar-refractivity contribution in [2.75, 3.05) is 6.54 Å². The summed E-state index contributed by atoms with van der Waals surface area (Å²) in [6.45, 7) is 2.51. The van der Waals surface area contributed by atoms with Crippen molar-refractivity contribution in [1.29, 1.82) is 0 Å². The van der Waals surface area contributed by atoms with Gasteiger partial charge in [0.15, 0.2) is 0 Å². The van der Waals surface area contributed by atoms with Crippen LogP contribution in [0.2, 0.25) is 0 Å². The second-order valence-electron chi connectivity index (χ2n) is 7.06. The molecule has 1 aliphatic heterocycles. The molecule has 0 saturated heterocycles. The van der Waals surface area contributed by atoms with Gasteiger partial charge < -0.3 is 20.4 Å². The van der Waals surface area contributed by atoms with Crippen LogP contribution >= 0.6 is 0 Å². The van der Waals surface area contributed by atoms with Crippen LogP contribution in [-0.2, 0) is 0 Å². The van der Waals surface area contributed by atoms with Crippen LogP contribution in [-0.4, -0.2) is 39.9 Å². The highest BCUT2D eigenvalue weighted by atomic mass is 16.5. The average Bonchev–Trinajstić information content (AvgIpc) is 3.30. The van der Waals surface area contributed by atoms with Gasteiger partial charge in [-0.1, -0.05) is 35.5 Å². The number of nitrogens with zero attached hydrogens (tertiary/aromatic N) is 2. The number of carbonyl (C=O) groups is 1. The fourth-order valence-corrected chi connectivity index (χ4v) is 3.47. The van der Waals surface area contributed by atoms with Gasteiger partial charge in [0.25, 0.3) is 5.91 Å². The van der Waals surface area contributed by atoms with Crippen molar-refractivity contribution in [3.8, 4) is 11.3 Å². The fraction of sp³-hybridized carbons (Fsp3) is 0.368. The first-order chi connectivity index (χ1) is 13.1. The molecule has 1 atom stereocenters. The van der Waals surface area contributed by atoms with E-state index >= 15 is 0 Å². The van der Waals surface area contributed by atoms with E-state index in [2.05, 4.69) is 21.4 Å². The minimum absolute atomic E-state index is 0.127. The van der Waals surface area contributed by atoms with E-state index in [0.717, 1.165) is 30.6 Å². The monoisotopic (exact) mass is 369 g/mol. The number of aliphatic hydroxyl groups is 1. The summed E-state index contributed by atoms with van der Waals surface area (Å²) in [5.74, 6) is 0.431. The molecule has 1 aliphatic carbocycles. The molecule has 0 bridgehead atoms. The highest BCUT2D eigenvalue weighted by molar-refractivity contribution is 5.92. The molecule has 4 rings (SSSR count). The quantitative estimate of drug-likeness (QED) is 0.610. The van der Waals surface area contributed by atoms with Gasteiger partial charge in [-0.2, -0.15) is 0 Å². The summed E-state index contributed by atoms with van der Waals surface area (Å²) < 4.78 is 5.20. The first kappa shape index (κ1) is 17.6. The molecule has 0 unspecified atom stereocenters. The maximum atomic E-state index is 12.4. The molecule has 1 aromatic carbocycles. The fourth-order valence-electron chi connectivity index (χ4n) is 3.47. The maximum Gasteiger partial charge on any atom is 0.290 e. The van der Waals surface area contributed by atoms with Crippen LogP contribution in [0.25, 0.3) is 11.3 Å². The molecular formula is C19H23N5O3. The lowest BCUT2D eigenvalue weighted by molar-refractivity contribution is 0.0789. The number of amides is 1. The third-order valence-electron chi connectivity index (χ3n) is 4.97. The second kappa shape index (κ2) is 7.42. The Labute approximate surface area is 157 Å². The Balaban J connectivity index is 1.26. The summed E-state index contributed by atoms with van der Waals surface area (Å²) in [4.78, 5) is 12.4. The van der Waals surface area contributed by atoms with E-state index in [1.807, 2.05) is 35.3 Å². The standard InChI is InChI=1S/C19H23N5O3/c1-12(25)17-10-20-23-24(17)11-13-7-15(8-13)21-19(26)18-9-16(22-27-18)14-5-3-2-4-6-14/h2-6,9-10,12-13,15,20,23,25H,7-8,11H2,1H3,(H,21,26)/t12-,13-,15-/m0/s1. The molecular weight excluding hydrogens is 346 g/mol. The summed E-state index contributed by atoms with van der Waals surface area (Å²) in [5, 5.41) is 18.6. The number of aliphatic hydroxyl groups excluding tert-OH is 1. The van der Waals surface area contributed by atoms with Gasteiger partial charge in [0, 0.05) is 30.4 Å². The van der Waals surface area contributed by atoms with Crippen molar-refractivity contribution >= 4 is 5.91 Å². The number of nitrogens with one attached hydrogen (secondary N) is 3. The zero-order valence-electron chi connectivity index (χ0n) is 15.1. The number of rotatable bonds is 6. The molecule has 1 saturated carbocycles. The second-order valence-corrected chi connectivity index (χ2v) is 7.06. The molecule has 0 radical (unpaired) electrons. The van der Waals surface area contributed by atoms with Crippen LogP contribution in [0.3, 0.4) is 0 Å². The molecule has 1 amide bonds. The van der Waals surface area contributed by atoms with Gasteiger partial charge >= 0.3 is 0 Å². The minimum atomic E-state index is -0.534. The van der Waals surface area contributed by atoms with Crippen LogP contribution in [0.5, 0.6) is 0 Å². The molecule has 1 aromatic heterocycles. The molecule has 2 aromatic rings. The Bertz CT molecular complexity index is 827. The summed E-state index contributed by atoms with van der Waals surface area (Å²) in [6, 6.07) is 11.4. The lowest BCUT2D eigenvalue weighted by Gasteiger charge is -2.38. The zero-order valence-corrected chi connectivity index (χ0v) is 15.1. The van der Waals surface area contributed by atoms with Crippen LogP contribution in [0, 0.1) is 5.92 Å². The number of hydrogen-bond acceptors (Lipinski definition) is 7. The Morgan fingerprint density at radius 1 is 1.41 bits per heavy atom. The van der Waals surface area contributed by atoms with Crippen molar-refractivity contribution in [2.45, 2.75) is 31.9 Å². The smallest absolute Gasteiger partial charge is 0.290 e. The highest BCUT2D eigenvalue weighted by Crippen LogP contribution is 2.30. The Morgan fingerprint density at radius 2 is 2.19 bits per heavy atom. The molecule has 0 spiro atoms. The SMILES string of the molecule is C[C@H](O)C1=CNNN1C[C@H]1C[C@H](NC(=O)c2cc(-c3ccccc3)no2)C1. The number of hydrazine groups is 2. The van der Waals surface area contributed by atoms with Crippen molar-refractivity contribution in [2.24, 2.45) is 5.92 Å². The summed E-state index contributed by atoms with van der Waals surface area (Å²) in [5.41, 5.74) is 8.29. The molecule has 8 nitrogen and oxygen atoms in total. The molecule has 142 valence electrons. The summed E-state index contributed by atoms with van der Waals surface area (Å²) in [6.07, 6.45) is 3.00. The van der Waals surface area contributed by atoms with Crippen molar-refractivity contribution < 1.29 is 14.4 Å². The zero-order chi connectivity index (χ0) is 18.8. The van der Waals surface area contributed by atoms with E-state index in [4.69, 9.17) is 4.52 Å². The lowest BCUT2D eigenvalue weighted by Crippen LogP contribution is -2.50. The summed E-state index contributed by atoms with van der Waals surface area (Å²) in [7, 11) is 0. The first-order valence-electron chi connectivity index (χ1n) is 9.10. The summed E-state index contributed by atoms with van der Waals surface area (Å²) >= 11 is 0. The number of carbonyl (C=O) groups excluding carboxylic acids is 1. The van der Waals surface area contributed by atoms with Gasteiger partial charge in [0.1, 0.15) is 5.69 Å². The average molecular weight is 369 g/mol. The van der Waals surface area contributed by atoms with Gasteiger partial charge in [0.05, 0.1) is 11.8 Å². The molecule has 2 aliphatic rings. The Kier molecular flexibility index (Phi) is 4.83. The first-order valence-corrected chi connectivity index (χ1v) is 9.10. The Hall–Kier alpha value is -2.84. The van der Waals surface area contributed by atoms with Crippen LogP contribution in [0.1, 0.15) is 30.3 Å². The third kappa shape index (κ3) is 3.81. The van der Waals surface area contributed by atoms with Crippen molar-refractivity contribution in [3.05, 3.63) is 54.1 Å². The highest BCUT2D eigenvalue weighted by Gasteiger charge is 2.34. The molecule has 27 heavy (non-hydrogen) atoms. The molecule has 8 heteroatoms. The number of benzene rings is 1. The van der Waals surface area contributed by atoms with Gasteiger partial charge in [-0.15, -0.1) is 5.53 Å². The minimum Gasteiger partial charge on any atom is -0.387 e.